The first kappa shape index (κ1) is 41.1. The van der Waals surface area contributed by atoms with Crippen LogP contribution in [0.3, 0.4) is 0 Å². The molecule has 0 saturated heterocycles. The van der Waals surface area contributed by atoms with Gasteiger partial charge >= 0.3 is 0 Å². The summed E-state index contributed by atoms with van der Waals surface area (Å²) >= 11 is 2.02. The van der Waals surface area contributed by atoms with Crippen molar-refractivity contribution in [2.75, 3.05) is 9.80 Å². The third-order valence-corrected chi connectivity index (χ3v) is 15.6. The molecule has 0 N–H and O–H groups in total. The average molecular weight is 811 g/mol. The number of thiophene rings is 1. The van der Waals surface area contributed by atoms with Gasteiger partial charge in [0.15, 0.2) is 0 Å². The molecule has 0 amide bonds. The third-order valence-electron chi connectivity index (χ3n) is 14.3. The number of fused-ring (bicyclic) bond motifs is 7. The maximum absolute atomic E-state index is 2.68. The molecule has 0 fully saturated rings. The Morgan fingerprint density at radius 3 is 1.43 bits per heavy atom. The van der Waals surface area contributed by atoms with Gasteiger partial charge in [-0.1, -0.05) is 147 Å². The lowest BCUT2D eigenvalue weighted by atomic mass is 9.35. The van der Waals surface area contributed by atoms with E-state index < -0.39 is 0 Å². The van der Waals surface area contributed by atoms with Crippen molar-refractivity contribution in [1.82, 2.24) is 0 Å². The number of hydrogen-bond donors (Lipinski definition) is 0. The molecule has 2 nitrogen and oxygen atoms in total. The van der Waals surface area contributed by atoms with Crippen LogP contribution < -0.4 is 25.5 Å². The second-order valence-corrected chi connectivity index (χ2v) is 25.0. The van der Waals surface area contributed by atoms with Crippen LogP contribution in [0.4, 0.5) is 34.1 Å². The fourth-order valence-corrected chi connectivity index (χ4v) is 11.5. The number of nitrogens with zero attached hydrogens (tertiary/aromatic N) is 2. The summed E-state index contributed by atoms with van der Waals surface area (Å²) in [7, 11) is 0. The van der Waals surface area contributed by atoms with Gasteiger partial charge in [-0.3, -0.25) is 0 Å². The number of benzene rings is 5. The van der Waals surface area contributed by atoms with E-state index in [1.54, 1.807) is 0 Å². The van der Waals surface area contributed by atoms with E-state index in [1.165, 1.54) is 106 Å². The highest BCUT2D eigenvalue weighted by molar-refractivity contribution is 7.33. The van der Waals surface area contributed by atoms with E-state index in [9.17, 15) is 0 Å². The van der Waals surface area contributed by atoms with E-state index >= 15 is 0 Å². The maximum Gasteiger partial charge on any atom is 0.264 e. The van der Waals surface area contributed by atoms with Crippen LogP contribution in [0.25, 0.3) is 10.1 Å². The van der Waals surface area contributed by atoms with Gasteiger partial charge in [-0.2, -0.15) is 0 Å². The van der Waals surface area contributed by atoms with E-state index in [1.807, 2.05) is 11.3 Å². The van der Waals surface area contributed by atoms with Crippen LogP contribution in [0.15, 0.2) is 91.0 Å². The molecule has 0 saturated carbocycles. The minimum Gasteiger partial charge on any atom is -0.311 e. The van der Waals surface area contributed by atoms with Crippen LogP contribution in [-0.2, 0) is 32.5 Å². The molecule has 0 spiro atoms. The maximum atomic E-state index is 2.68. The van der Waals surface area contributed by atoms with Crippen molar-refractivity contribution in [1.29, 1.82) is 0 Å². The van der Waals surface area contributed by atoms with Crippen molar-refractivity contribution in [3.63, 3.8) is 0 Å². The standard InChI is InChI=1S/C56H67BN2S/c1-51(2,3)34-17-22-38(23-18-34)58-44-33-42-41(55(13,14)27-28-56(42,15)16)32-43(44)57-48-45(58)30-37(54(10,11)12)31-46(48)59(39-24-19-35(20-25-39)52(4,5)6)49-40-29-36(53(7,8)9)21-26-47(40)60-50(49)57/h17-26,29-33H,27-28H2,1-16H3. The Morgan fingerprint density at radius 2 is 0.933 bits per heavy atom. The molecule has 5 aromatic carbocycles. The lowest BCUT2D eigenvalue weighted by molar-refractivity contribution is 0.332. The molecule has 0 radical (unpaired) electrons. The van der Waals surface area contributed by atoms with Crippen molar-refractivity contribution in [2.45, 2.75) is 156 Å². The predicted octanol–water partition coefficient (Wildman–Crippen LogP) is 14.5. The first-order valence-corrected chi connectivity index (χ1v) is 23.3. The lowest BCUT2D eigenvalue weighted by Gasteiger charge is -2.47. The normalized spacial score (nSPS) is 17.0. The molecule has 1 aliphatic carbocycles. The summed E-state index contributed by atoms with van der Waals surface area (Å²) in [5, 5.41) is 1.36. The molecular weight excluding hydrogens is 744 g/mol. The van der Waals surface area contributed by atoms with E-state index in [2.05, 4.69) is 212 Å². The fourth-order valence-electron chi connectivity index (χ4n) is 10.2. The summed E-state index contributed by atoms with van der Waals surface area (Å²) in [6.07, 6.45) is 2.37. The third kappa shape index (κ3) is 6.49. The average Bonchev–Trinajstić information content (AvgIpc) is 3.53. The Labute approximate surface area is 366 Å². The Bertz CT molecular complexity index is 2680. The smallest absolute Gasteiger partial charge is 0.264 e. The highest BCUT2D eigenvalue weighted by Crippen LogP contribution is 2.53. The summed E-state index contributed by atoms with van der Waals surface area (Å²) in [5.74, 6) is 0. The van der Waals surface area contributed by atoms with Gasteiger partial charge in [0, 0.05) is 43.3 Å². The van der Waals surface area contributed by atoms with Gasteiger partial charge < -0.3 is 9.80 Å². The second-order valence-electron chi connectivity index (χ2n) is 23.9. The molecule has 0 atom stereocenters. The molecule has 6 aromatic rings. The molecule has 4 heteroatoms. The zero-order chi connectivity index (χ0) is 43.3. The molecule has 3 aliphatic rings. The minimum absolute atomic E-state index is 0.0271. The molecular formula is C56H67BN2S. The van der Waals surface area contributed by atoms with Crippen LogP contribution in [0.2, 0.25) is 0 Å². The van der Waals surface area contributed by atoms with Gasteiger partial charge in [-0.25, -0.2) is 0 Å². The first-order valence-electron chi connectivity index (χ1n) is 22.5. The Morgan fingerprint density at radius 1 is 0.483 bits per heavy atom. The number of anilines is 6. The molecule has 60 heavy (non-hydrogen) atoms. The van der Waals surface area contributed by atoms with Crippen LogP contribution in [0, 0.1) is 0 Å². The van der Waals surface area contributed by atoms with Gasteiger partial charge in [0.2, 0.25) is 0 Å². The first-order chi connectivity index (χ1) is 27.8. The van der Waals surface area contributed by atoms with Crippen molar-refractivity contribution >= 4 is 78.0 Å². The summed E-state index contributed by atoms with van der Waals surface area (Å²) < 4.78 is 2.81. The molecule has 0 unspecified atom stereocenters. The van der Waals surface area contributed by atoms with Gasteiger partial charge in [-0.15, -0.1) is 11.3 Å². The number of rotatable bonds is 2. The zero-order valence-corrected chi connectivity index (χ0v) is 40.3. The molecule has 9 rings (SSSR count). The molecule has 3 heterocycles. The highest BCUT2D eigenvalue weighted by atomic mass is 32.1. The SMILES string of the molecule is CC(C)(C)c1ccc(N2c3cc4c(cc3B3c5sc6ccc(C(C)(C)C)cc6c5N(c5ccc(C(C)(C)C)cc5)c5cc(C(C)(C)C)cc2c53)C(C)(C)CCC4(C)C)cc1. The minimum atomic E-state index is -0.0803. The second kappa shape index (κ2) is 13.1. The van der Waals surface area contributed by atoms with Crippen LogP contribution >= 0.6 is 11.3 Å². The van der Waals surface area contributed by atoms with Crippen molar-refractivity contribution in [3.8, 4) is 0 Å². The van der Waals surface area contributed by atoms with Crippen molar-refractivity contribution < 1.29 is 0 Å². The van der Waals surface area contributed by atoms with E-state index in [4.69, 9.17) is 0 Å². The van der Waals surface area contributed by atoms with Gasteiger partial charge in [0.25, 0.3) is 6.71 Å². The van der Waals surface area contributed by atoms with E-state index in [-0.39, 0.29) is 39.2 Å². The highest BCUT2D eigenvalue weighted by Gasteiger charge is 2.48. The molecule has 2 aliphatic heterocycles. The largest absolute Gasteiger partial charge is 0.311 e. The summed E-state index contributed by atoms with van der Waals surface area (Å²) in [5.41, 5.74) is 19.3. The Hall–Kier alpha value is -4.28. The van der Waals surface area contributed by atoms with E-state index in [0.717, 1.165) is 0 Å². The monoisotopic (exact) mass is 811 g/mol. The quantitative estimate of drug-likeness (QED) is 0.161. The predicted molar refractivity (Wildman–Crippen MR) is 266 cm³/mol. The zero-order valence-electron chi connectivity index (χ0n) is 39.5. The summed E-state index contributed by atoms with van der Waals surface area (Å²) in [6.45, 7) is 38.1. The van der Waals surface area contributed by atoms with Crippen molar-refractivity contribution in [3.05, 3.63) is 124 Å². The van der Waals surface area contributed by atoms with Crippen LogP contribution in [-0.4, -0.2) is 6.71 Å². The lowest BCUT2D eigenvalue weighted by Crippen LogP contribution is -2.61. The Kier molecular flexibility index (Phi) is 8.99. The summed E-state index contributed by atoms with van der Waals surface area (Å²) in [6, 6.07) is 36.8. The summed E-state index contributed by atoms with van der Waals surface area (Å²) in [4.78, 5) is 5.32. The van der Waals surface area contributed by atoms with Gasteiger partial charge in [0.1, 0.15) is 0 Å². The topological polar surface area (TPSA) is 6.48 Å². The van der Waals surface area contributed by atoms with Crippen molar-refractivity contribution in [2.24, 2.45) is 0 Å². The molecule has 0 bridgehead atoms. The van der Waals surface area contributed by atoms with Crippen LogP contribution in [0.5, 0.6) is 0 Å². The van der Waals surface area contributed by atoms with E-state index in [0.29, 0.717) is 0 Å². The van der Waals surface area contributed by atoms with Crippen LogP contribution in [0.1, 0.15) is 157 Å². The van der Waals surface area contributed by atoms with Gasteiger partial charge in [-0.05, 0) is 144 Å². The molecule has 1 aromatic heterocycles. The Balaban J connectivity index is 1.44. The number of hydrogen-bond acceptors (Lipinski definition) is 3. The molecule has 310 valence electrons. The fraction of sp³-hybridized carbons (Fsp3) is 0.429. The van der Waals surface area contributed by atoms with Gasteiger partial charge in [0.05, 0.1) is 5.69 Å².